The van der Waals surface area contributed by atoms with Crippen LogP contribution in [0.1, 0.15) is 27.8 Å². The number of benzene rings is 4. The average Bonchev–Trinajstić information content (AvgIpc) is 3.29. The molecule has 1 aliphatic heterocycles. The number of rotatable bonds is 5. The van der Waals surface area contributed by atoms with Gasteiger partial charge in [-0.25, -0.2) is 0 Å². The van der Waals surface area contributed by atoms with Crippen LogP contribution in [0.2, 0.25) is 0 Å². The molecule has 4 aromatic rings. The van der Waals surface area contributed by atoms with Crippen molar-refractivity contribution in [3.8, 4) is 22.3 Å². The molecule has 148 valence electrons. The highest BCUT2D eigenvalue weighted by atomic mass is 16.5. The zero-order valence-electron chi connectivity index (χ0n) is 16.8. The molecule has 2 nitrogen and oxygen atoms in total. The molecule has 0 aliphatic carbocycles. The van der Waals surface area contributed by atoms with Crippen LogP contribution < -0.4 is 0 Å². The van der Waals surface area contributed by atoms with Gasteiger partial charge in [-0.15, -0.1) is 0 Å². The molecule has 0 radical (unpaired) electrons. The van der Waals surface area contributed by atoms with Crippen LogP contribution in [0, 0.1) is 0 Å². The summed E-state index contributed by atoms with van der Waals surface area (Å²) in [5.41, 5.74) is 10.6. The monoisotopic (exact) mass is 392 g/mol. The SMILES string of the molecule is OCc1c(Cc2ccccc2)c(-c2ccccc2)c2c(c1-c1ccccc1)COC2. The maximum absolute atomic E-state index is 10.6. The second-order valence-corrected chi connectivity index (χ2v) is 7.71. The Hall–Kier alpha value is -3.20. The van der Waals surface area contributed by atoms with Gasteiger partial charge in [0.05, 0.1) is 19.8 Å². The van der Waals surface area contributed by atoms with E-state index in [0.717, 1.165) is 23.1 Å². The standard InChI is InChI=1S/C28H24O2/c29-17-24-23(16-20-10-4-1-5-11-20)27(21-12-6-2-7-13-21)25-18-30-19-26(25)28(24)22-14-8-3-9-15-22/h1-15,29H,16-19H2. The van der Waals surface area contributed by atoms with Crippen molar-refractivity contribution in [3.05, 3.63) is 119 Å². The molecule has 1 aliphatic rings. The van der Waals surface area contributed by atoms with Gasteiger partial charge in [0.1, 0.15) is 0 Å². The summed E-state index contributed by atoms with van der Waals surface area (Å²) in [6, 6.07) is 31.4. The van der Waals surface area contributed by atoms with Crippen molar-refractivity contribution in [2.45, 2.75) is 26.2 Å². The van der Waals surface area contributed by atoms with Crippen LogP contribution in [0.3, 0.4) is 0 Å². The summed E-state index contributed by atoms with van der Waals surface area (Å²) in [6.45, 7) is 1.18. The van der Waals surface area contributed by atoms with Crippen molar-refractivity contribution in [2.75, 3.05) is 0 Å². The maximum Gasteiger partial charge on any atom is 0.0731 e. The first-order valence-corrected chi connectivity index (χ1v) is 10.4. The third-order valence-corrected chi connectivity index (χ3v) is 5.94. The molecule has 30 heavy (non-hydrogen) atoms. The molecule has 0 aromatic heterocycles. The largest absolute Gasteiger partial charge is 0.392 e. The first-order valence-electron chi connectivity index (χ1n) is 10.4. The van der Waals surface area contributed by atoms with E-state index in [1.165, 1.54) is 33.4 Å². The Morgan fingerprint density at radius 1 is 0.600 bits per heavy atom. The minimum atomic E-state index is -0.000488. The molecule has 0 spiro atoms. The number of aliphatic hydroxyl groups is 1. The Kier molecular flexibility index (Phi) is 5.18. The van der Waals surface area contributed by atoms with Gasteiger partial charge in [0.25, 0.3) is 0 Å². The van der Waals surface area contributed by atoms with Crippen molar-refractivity contribution >= 4 is 0 Å². The van der Waals surface area contributed by atoms with E-state index in [-0.39, 0.29) is 6.61 Å². The number of hydrogen-bond donors (Lipinski definition) is 1. The maximum atomic E-state index is 10.6. The topological polar surface area (TPSA) is 29.5 Å². The lowest BCUT2D eigenvalue weighted by Crippen LogP contribution is -2.07. The number of hydrogen-bond acceptors (Lipinski definition) is 2. The summed E-state index contributed by atoms with van der Waals surface area (Å²) in [6.07, 6.45) is 0.772. The van der Waals surface area contributed by atoms with Crippen molar-refractivity contribution in [3.63, 3.8) is 0 Å². The van der Waals surface area contributed by atoms with Crippen LogP contribution in [0.4, 0.5) is 0 Å². The zero-order valence-corrected chi connectivity index (χ0v) is 16.8. The minimum absolute atomic E-state index is 0.000488. The molecule has 4 aromatic carbocycles. The summed E-state index contributed by atoms with van der Waals surface area (Å²) >= 11 is 0. The Morgan fingerprint density at radius 2 is 1.07 bits per heavy atom. The summed E-state index contributed by atoms with van der Waals surface area (Å²) in [4.78, 5) is 0. The highest BCUT2D eigenvalue weighted by molar-refractivity contribution is 5.84. The first-order chi connectivity index (χ1) is 14.9. The number of aliphatic hydroxyl groups excluding tert-OH is 1. The fraction of sp³-hybridized carbons (Fsp3) is 0.143. The minimum Gasteiger partial charge on any atom is -0.392 e. The van der Waals surface area contributed by atoms with Gasteiger partial charge in [-0.3, -0.25) is 0 Å². The Bertz CT molecular complexity index is 1150. The van der Waals surface area contributed by atoms with Gasteiger partial charge >= 0.3 is 0 Å². The van der Waals surface area contributed by atoms with E-state index in [1.54, 1.807) is 0 Å². The Labute approximate surface area is 177 Å². The Morgan fingerprint density at radius 3 is 1.57 bits per heavy atom. The van der Waals surface area contributed by atoms with Crippen molar-refractivity contribution in [2.24, 2.45) is 0 Å². The van der Waals surface area contributed by atoms with Gasteiger partial charge in [-0.2, -0.15) is 0 Å². The van der Waals surface area contributed by atoms with Crippen LogP contribution in [-0.2, 0) is 31.0 Å². The van der Waals surface area contributed by atoms with Gasteiger partial charge in [-0.05, 0) is 56.5 Å². The van der Waals surface area contributed by atoms with E-state index in [9.17, 15) is 5.11 Å². The van der Waals surface area contributed by atoms with Crippen LogP contribution in [0.15, 0.2) is 91.0 Å². The quantitative estimate of drug-likeness (QED) is 0.442. The van der Waals surface area contributed by atoms with E-state index in [4.69, 9.17) is 4.74 Å². The van der Waals surface area contributed by atoms with E-state index < -0.39 is 0 Å². The fourth-order valence-electron chi connectivity index (χ4n) is 4.62. The Balaban J connectivity index is 1.84. The van der Waals surface area contributed by atoms with Crippen molar-refractivity contribution in [1.29, 1.82) is 0 Å². The normalized spacial score (nSPS) is 12.7. The second kappa shape index (κ2) is 8.27. The van der Waals surface area contributed by atoms with Crippen LogP contribution in [0.25, 0.3) is 22.3 Å². The van der Waals surface area contributed by atoms with E-state index >= 15 is 0 Å². The third kappa shape index (κ3) is 3.35. The van der Waals surface area contributed by atoms with Crippen LogP contribution >= 0.6 is 0 Å². The molecule has 0 fully saturated rings. The summed E-state index contributed by atoms with van der Waals surface area (Å²) in [5, 5.41) is 10.6. The van der Waals surface area contributed by atoms with Crippen molar-refractivity contribution in [1.82, 2.24) is 0 Å². The molecule has 2 heteroatoms. The van der Waals surface area contributed by atoms with Crippen LogP contribution in [-0.4, -0.2) is 5.11 Å². The zero-order chi connectivity index (χ0) is 20.3. The smallest absolute Gasteiger partial charge is 0.0731 e. The molecular weight excluding hydrogens is 368 g/mol. The van der Waals surface area contributed by atoms with Crippen molar-refractivity contribution < 1.29 is 9.84 Å². The third-order valence-electron chi connectivity index (χ3n) is 5.94. The van der Waals surface area contributed by atoms with E-state index in [2.05, 4.69) is 72.8 Å². The summed E-state index contributed by atoms with van der Waals surface area (Å²) in [7, 11) is 0. The number of ether oxygens (including phenoxy) is 1. The average molecular weight is 392 g/mol. The predicted octanol–water partition coefficient (Wildman–Crippen LogP) is 6.13. The second-order valence-electron chi connectivity index (χ2n) is 7.71. The molecule has 0 amide bonds. The van der Waals surface area contributed by atoms with Crippen LogP contribution in [0.5, 0.6) is 0 Å². The van der Waals surface area contributed by atoms with Gasteiger partial charge in [0, 0.05) is 0 Å². The van der Waals surface area contributed by atoms with Gasteiger partial charge in [0.2, 0.25) is 0 Å². The summed E-state index contributed by atoms with van der Waals surface area (Å²) < 4.78 is 5.96. The molecular formula is C28H24O2. The van der Waals surface area contributed by atoms with E-state index in [0.29, 0.717) is 13.2 Å². The molecule has 0 atom stereocenters. The molecule has 1 N–H and O–H groups in total. The first kappa shape index (κ1) is 18.8. The molecule has 0 bridgehead atoms. The molecule has 0 saturated heterocycles. The van der Waals surface area contributed by atoms with Gasteiger partial charge in [-0.1, -0.05) is 91.0 Å². The highest BCUT2D eigenvalue weighted by Crippen LogP contribution is 2.44. The molecule has 5 rings (SSSR count). The summed E-state index contributed by atoms with van der Waals surface area (Å²) in [5.74, 6) is 0. The molecule has 1 heterocycles. The molecule has 0 unspecified atom stereocenters. The lowest BCUT2D eigenvalue weighted by atomic mass is 9.80. The predicted molar refractivity (Wildman–Crippen MR) is 121 cm³/mol. The van der Waals surface area contributed by atoms with E-state index in [1.807, 2.05) is 18.2 Å². The van der Waals surface area contributed by atoms with Gasteiger partial charge < -0.3 is 9.84 Å². The lowest BCUT2D eigenvalue weighted by molar-refractivity contribution is 0.135. The molecule has 0 saturated carbocycles. The number of fused-ring (bicyclic) bond motifs is 1. The lowest BCUT2D eigenvalue weighted by Gasteiger charge is -2.23. The highest BCUT2D eigenvalue weighted by Gasteiger charge is 2.28. The fourth-order valence-corrected chi connectivity index (χ4v) is 4.62. The van der Waals surface area contributed by atoms with Gasteiger partial charge in [0.15, 0.2) is 0 Å².